The van der Waals surface area contributed by atoms with Gasteiger partial charge in [-0.15, -0.1) is 0 Å². The van der Waals surface area contributed by atoms with Gasteiger partial charge >= 0.3 is 18.5 Å². The first-order valence-corrected chi connectivity index (χ1v) is 5.37. The fraction of sp³-hybridized carbons (Fsp3) is 0.333. The minimum atomic E-state index is -5.53. The number of rotatable bonds is 0. The second-order valence-corrected chi connectivity index (χ2v) is 4.53. The molecule has 19 heavy (non-hydrogen) atoms. The van der Waals surface area contributed by atoms with Crippen molar-refractivity contribution < 1.29 is 39.5 Å². The van der Waals surface area contributed by atoms with E-state index in [2.05, 4.69) is 0 Å². The molecule has 10 heteroatoms. The van der Waals surface area contributed by atoms with Gasteiger partial charge < -0.3 is 0 Å². The molecule has 1 rings (SSSR count). The predicted molar refractivity (Wildman–Crippen MR) is 54.2 cm³/mol. The predicted octanol–water partition coefficient (Wildman–Crippen LogP) is 5.35. The number of hydrogen-bond acceptors (Lipinski definition) is 0. The van der Waals surface area contributed by atoms with Crippen LogP contribution in [0.5, 0.6) is 0 Å². The summed E-state index contributed by atoms with van der Waals surface area (Å²) in [5.41, 5.74) is -6.25. The van der Waals surface area contributed by atoms with Gasteiger partial charge in [0.1, 0.15) is 0 Å². The smallest absolute Gasteiger partial charge is 0.166 e. The van der Waals surface area contributed by atoms with Gasteiger partial charge in [0.25, 0.3) is 0 Å². The molecule has 0 bridgehead atoms. The van der Waals surface area contributed by atoms with Gasteiger partial charge in [-0.1, -0.05) is 0 Å². The van der Waals surface area contributed by atoms with Crippen LogP contribution in [0.2, 0.25) is 0 Å². The van der Waals surface area contributed by atoms with Crippen LogP contribution in [0.3, 0.4) is 0 Å². The molecule has 0 aromatic heterocycles. The summed E-state index contributed by atoms with van der Waals surface area (Å²) in [4.78, 5) is 0. The largest absolute Gasteiger partial charge is 0.417 e. The van der Waals surface area contributed by atoms with Crippen LogP contribution in [0.15, 0.2) is 12.1 Å². The van der Waals surface area contributed by atoms with E-state index in [1.807, 2.05) is 0 Å². The molecule has 1 aromatic rings. The number of alkyl halides is 9. The Morgan fingerprint density at radius 2 is 0.895 bits per heavy atom. The molecule has 0 atom stereocenters. The number of hydrogen-bond donors (Lipinski definition) is 0. The molecule has 0 unspecified atom stereocenters. The lowest BCUT2D eigenvalue weighted by molar-refractivity contribution is -0.163. The lowest BCUT2D eigenvalue weighted by Crippen LogP contribution is -2.19. The summed E-state index contributed by atoms with van der Waals surface area (Å²) >= 11 is 0.909. The van der Waals surface area contributed by atoms with Gasteiger partial charge in [0.15, 0.2) is 0 Å². The zero-order valence-corrected chi connectivity index (χ0v) is 10.6. The topological polar surface area (TPSA) is 0 Å². The van der Waals surface area contributed by atoms with E-state index in [0.717, 1.165) is 22.6 Å². The number of halogens is 10. The van der Waals surface area contributed by atoms with Crippen LogP contribution in [-0.4, -0.2) is 0 Å². The van der Waals surface area contributed by atoms with Crippen LogP contribution in [-0.2, 0) is 18.5 Å². The third-order valence-corrected chi connectivity index (χ3v) is 2.92. The maximum atomic E-state index is 12.4. The Balaban J connectivity index is 3.66. The van der Waals surface area contributed by atoms with Crippen molar-refractivity contribution in [2.45, 2.75) is 18.5 Å². The third-order valence-electron chi connectivity index (χ3n) is 2.02. The summed E-state index contributed by atoms with van der Waals surface area (Å²) in [6.07, 6.45) is -16.1. The SMILES string of the molecule is FC(F)(F)c1cc(C(F)(F)F)c(C(F)(F)F)cc1I. The van der Waals surface area contributed by atoms with Gasteiger partial charge in [0, 0.05) is 3.57 Å². The lowest BCUT2D eigenvalue weighted by atomic mass is 10.0. The van der Waals surface area contributed by atoms with Crippen molar-refractivity contribution in [1.82, 2.24) is 0 Å². The van der Waals surface area contributed by atoms with E-state index in [1.54, 1.807) is 0 Å². The maximum Gasteiger partial charge on any atom is 0.417 e. The van der Waals surface area contributed by atoms with Gasteiger partial charge in [-0.2, -0.15) is 39.5 Å². The van der Waals surface area contributed by atoms with Crippen molar-refractivity contribution in [3.8, 4) is 0 Å². The quantitative estimate of drug-likeness (QED) is 0.402. The molecule has 0 fully saturated rings. The van der Waals surface area contributed by atoms with E-state index in [-0.39, 0.29) is 6.07 Å². The summed E-state index contributed by atoms with van der Waals surface area (Å²) in [6.45, 7) is 0. The molecule has 0 N–H and O–H groups in total. The summed E-state index contributed by atoms with van der Waals surface area (Å²) in [7, 11) is 0. The van der Waals surface area contributed by atoms with Crippen molar-refractivity contribution in [3.63, 3.8) is 0 Å². The molecule has 0 heterocycles. The highest BCUT2D eigenvalue weighted by atomic mass is 127. The van der Waals surface area contributed by atoms with E-state index in [9.17, 15) is 39.5 Å². The van der Waals surface area contributed by atoms with E-state index in [1.165, 1.54) is 0 Å². The Morgan fingerprint density at radius 3 is 1.21 bits per heavy atom. The molecule has 0 aliphatic heterocycles. The summed E-state index contributed by atoms with van der Waals surface area (Å²) in [6, 6.07) is -0.684. The summed E-state index contributed by atoms with van der Waals surface area (Å²) < 4.78 is 111. The fourth-order valence-electron chi connectivity index (χ4n) is 1.26. The first-order valence-electron chi connectivity index (χ1n) is 4.29. The normalized spacial score (nSPS) is 13.8. The molecular formula is C9H2F9I. The van der Waals surface area contributed by atoms with Crippen LogP contribution >= 0.6 is 22.6 Å². The standard InChI is InChI=1S/C9H2F9I/c10-7(11,12)3-1-5(9(16,17)18)6(19)2-4(3)8(13,14)15/h1-2H. The molecule has 0 saturated heterocycles. The maximum absolute atomic E-state index is 12.4. The van der Waals surface area contributed by atoms with Gasteiger partial charge in [0.2, 0.25) is 0 Å². The van der Waals surface area contributed by atoms with Crippen molar-refractivity contribution in [3.05, 3.63) is 32.4 Å². The molecule has 0 aliphatic rings. The highest BCUT2D eigenvalue weighted by molar-refractivity contribution is 14.1. The van der Waals surface area contributed by atoms with Crippen LogP contribution in [0.1, 0.15) is 16.7 Å². The molecule has 0 aliphatic carbocycles. The average Bonchev–Trinajstić information content (AvgIpc) is 2.11. The van der Waals surface area contributed by atoms with Gasteiger partial charge in [-0.25, -0.2) is 0 Å². The molecule has 0 amide bonds. The number of benzene rings is 1. The average molecular weight is 408 g/mol. The molecule has 0 nitrogen and oxygen atoms in total. The van der Waals surface area contributed by atoms with E-state index >= 15 is 0 Å². The van der Waals surface area contributed by atoms with Gasteiger partial charge in [-0.05, 0) is 34.7 Å². The van der Waals surface area contributed by atoms with Crippen LogP contribution in [0, 0.1) is 3.57 Å². The monoisotopic (exact) mass is 408 g/mol. The highest BCUT2D eigenvalue weighted by Gasteiger charge is 2.46. The molecule has 108 valence electrons. The highest BCUT2D eigenvalue weighted by Crippen LogP contribution is 2.44. The lowest BCUT2D eigenvalue weighted by Gasteiger charge is -2.19. The second kappa shape index (κ2) is 4.70. The minimum Gasteiger partial charge on any atom is -0.166 e. The van der Waals surface area contributed by atoms with Crippen LogP contribution < -0.4 is 0 Å². The van der Waals surface area contributed by atoms with Crippen molar-refractivity contribution >= 4 is 22.6 Å². The van der Waals surface area contributed by atoms with Crippen molar-refractivity contribution in [2.75, 3.05) is 0 Å². The fourth-order valence-corrected chi connectivity index (χ4v) is 2.03. The molecule has 0 radical (unpaired) electrons. The Kier molecular flexibility index (Phi) is 4.05. The molecule has 0 spiro atoms. The molecular weight excluding hydrogens is 406 g/mol. The summed E-state index contributed by atoms with van der Waals surface area (Å²) in [5, 5.41) is 0. The zero-order valence-electron chi connectivity index (χ0n) is 8.43. The van der Waals surface area contributed by atoms with Gasteiger partial charge in [0.05, 0.1) is 16.7 Å². The minimum absolute atomic E-state index is 0.161. The Bertz CT molecular complexity index is 480. The van der Waals surface area contributed by atoms with E-state index < -0.39 is 44.9 Å². The Hall–Kier alpha value is -0.680. The first-order chi connectivity index (χ1) is 8.24. The van der Waals surface area contributed by atoms with Crippen molar-refractivity contribution in [2.24, 2.45) is 0 Å². The van der Waals surface area contributed by atoms with Crippen LogP contribution in [0.4, 0.5) is 39.5 Å². The Labute approximate surface area is 113 Å². The van der Waals surface area contributed by atoms with E-state index in [4.69, 9.17) is 0 Å². The van der Waals surface area contributed by atoms with Crippen LogP contribution in [0.25, 0.3) is 0 Å². The van der Waals surface area contributed by atoms with Gasteiger partial charge in [-0.3, -0.25) is 0 Å². The third kappa shape index (κ3) is 3.66. The van der Waals surface area contributed by atoms with Crippen molar-refractivity contribution in [1.29, 1.82) is 0 Å². The second-order valence-electron chi connectivity index (χ2n) is 3.37. The molecule has 0 saturated carbocycles. The zero-order chi connectivity index (χ0) is 15.2. The summed E-state index contributed by atoms with van der Waals surface area (Å²) in [5.74, 6) is 0. The van der Waals surface area contributed by atoms with E-state index in [0.29, 0.717) is 0 Å². The Morgan fingerprint density at radius 1 is 0.579 bits per heavy atom. The molecule has 1 aromatic carbocycles. The first kappa shape index (κ1) is 16.4.